The van der Waals surface area contributed by atoms with Gasteiger partial charge in [0.1, 0.15) is 6.04 Å². The molecule has 0 saturated carbocycles. The minimum absolute atomic E-state index is 0.0486. The summed E-state index contributed by atoms with van der Waals surface area (Å²) in [5, 5.41) is 15.3. The number of carbonyl (C=O) groups excluding carboxylic acids is 2. The third-order valence-corrected chi connectivity index (χ3v) is 6.40. The van der Waals surface area contributed by atoms with Gasteiger partial charge in [-0.1, -0.05) is 77.8 Å². The van der Waals surface area contributed by atoms with Crippen LogP contribution in [-0.4, -0.2) is 33.2 Å². The monoisotopic (exact) mass is 541 g/mol. The van der Waals surface area contributed by atoms with E-state index in [9.17, 15) is 19.7 Å². The van der Waals surface area contributed by atoms with Gasteiger partial charge in [-0.3, -0.25) is 19.7 Å². The number of para-hydroxylation sites is 1. The normalized spacial score (nSPS) is 12.0. The van der Waals surface area contributed by atoms with Crippen molar-refractivity contribution in [2.75, 3.05) is 0 Å². The topological polar surface area (TPSA) is 92.6 Å². The molecule has 3 aromatic rings. The lowest BCUT2D eigenvalue weighted by Crippen LogP contribution is -2.54. The fraction of sp³-hybridized carbons (Fsp3) is 0.286. The van der Waals surface area contributed by atoms with Gasteiger partial charge in [-0.25, -0.2) is 0 Å². The molecule has 0 radical (unpaired) electrons. The Morgan fingerprint density at radius 1 is 0.946 bits per heavy atom. The van der Waals surface area contributed by atoms with Crippen molar-refractivity contribution in [2.45, 2.75) is 51.7 Å². The zero-order chi connectivity index (χ0) is 27.2. The lowest BCUT2D eigenvalue weighted by molar-refractivity contribution is -0.385. The van der Waals surface area contributed by atoms with Gasteiger partial charge in [-0.05, 0) is 38.5 Å². The van der Waals surface area contributed by atoms with Crippen LogP contribution in [0.5, 0.6) is 0 Å². The van der Waals surface area contributed by atoms with Crippen LogP contribution >= 0.6 is 23.2 Å². The molecule has 0 heterocycles. The van der Waals surface area contributed by atoms with Crippen LogP contribution in [0.4, 0.5) is 5.69 Å². The van der Waals surface area contributed by atoms with Crippen molar-refractivity contribution in [2.24, 2.45) is 0 Å². The molecule has 1 N–H and O–H groups in total. The minimum atomic E-state index is -0.927. The van der Waals surface area contributed by atoms with Crippen molar-refractivity contribution in [3.63, 3.8) is 0 Å². The summed E-state index contributed by atoms with van der Waals surface area (Å²) < 4.78 is 0. The predicted molar refractivity (Wildman–Crippen MR) is 146 cm³/mol. The number of nitrogens with one attached hydrogen (secondary N) is 1. The van der Waals surface area contributed by atoms with Crippen molar-refractivity contribution in [3.8, 4) is 0 Å². The number of hydrogen-bond donors (Lipinski definition) is 1. The van der Waals surface area contributed by atoms with Crippen molar-refractivity contribution in [3.05, 3.63) is 110 Å². The van der Waals surface area contributed by atoms with Gasteiger partial charge in [0.2, 0.25) is 11.8 Å². The molecule has 3 aromatic carbocycles. The van der Waals surface area contributed by atoms with Gasteiger partial charge < -0.3 is 10.2 Å². The summed E-state index contributed by atoms with van der Waals surface area (Å²) in [4.78, 5) is 39.9. The van der Waals surface area contributed by atoms with E-state index in [1.54, 1.807) is 30.3 Å². The number of rotatable bonds is 9. The number of carbonyl (C=O) groups is 2. The molecular formula is C28H29Cl2N3O4. The second kappa shape index (κ2) is 12.2. The molecule has 0 aliphatic heterocycles. The third kappa shape index (κ3) is 7.78. The van der Waals surface area contributed by atoms with Crippen LogP contribution in [0, 0.1) is 10.1 Å². The maximum absolute atomic E-state index is 13.9. The average Bonchev–Trinajstić information content (AvgIpc) is 2.82. The Morgan fingerprint density at radius 2 is 1.54 bits per heavy atom. The molecule has 1 atom stereocenters. The second-order valence-electron chi connectivity index (χ2n) is 9.73. The van der Waals surface area contributed by atoms with Gasteiger partial charge >= 0.3 is 0 Å². The van der Waals surface area contributed by atoms with E-state index in [2.05, 4.69) is 5.32 Å². The average molecular weight is 542 g/mol. The molecule has 0 aliphatic carbocycles. The maximum Gasteiger partial charge on any atom is 0.273 e. The fourth-order valence-electron chi connectivity index (χ4n) is 3.96. The molecule has 194 valence electrons. The first-order chi connectivity index (χ1) is 17.5. The largest absolute Gasteiger partial charge is 0.350 e. The van der Waals surface area contributed by atoms with E-state index in [1.807, 2.05) is 51.1 Å². The molecule has 7 nitrogen and oxygen atoms in total. The Hall–Kier alpha value is -3.42. The number of hydrogen-bond acceptors (Lipinski definition) is 4. The van der Waals surface area contributed by atoms with Crippen molar-refractivity contribution in [1.29, 1.82) is 0 Å². The molecule has 0 aromatic heterocycles. The van der Waals surface area contributed by atoms with E-state index in [4.69, 9.17) is 23.2 Å². The SMILES string of the molecule is CC(C)(C)NC(=O)[C@@H](Cc1ccccc1)N(Cc1c(Cl)cccc1Cl)C(=O)Cc1ccccc1[N+](=O)[O-]. The molecule has 0 saturated heterocycles. The number of amides is 2. The summed E-state index contributed by atoms with van der Waals surface area (Å²) >= 11 is 12.9. The molecule has 37 heavy (non-hydrogen) atoms. The van der Waals surface area contributed by atoms with Crippen LogP contribution in [-0.2, 0) is 29.0 Å². The van der Waals surface area contributed by atoms with E-state index in [0.29, 0.717) is 15.6 Å². The highest BCUT2D eigenvalue weighted by molar-refractivity contribution is 6.36. The van der Waals surface area contributed by atoms with Gasteiger partial charge in [0.25, 0.3) is 5.69 Å². The fourth-order valence-corrected chi connectivity index (χ4v) is 4.48. The minimum Gasteiger partial charge on any atom is -0.350 e. The zero-order valence-electron chi connectivity index (χ0n) is 20.9. The summed E-state index contributed by atoms with van der Waals surface area (Å²) in [5.41, 5.74) is 0.877. The summed E-state index contributed by atoms with van der Waals surface area (Å²) in [6.45, 7) is 5.52. The summed E-state index contributed by atoms with van der Waals surface area (Å²) in [7, 11) is 0. The van der Waals surface area contributed by atoms with Gasteiger partial charge in [-0.15, -0.1) is 0 Å². The first-order valence-corrected chi connectivity index (χ1v) is 12.5. The molecule has 0 spiro atoms. The van der Waals surface area contributed by atoms with Crippen LogP contribution in [0.3, 0.4) is 0 Å². The predicted octanol–water partition coefficient (Wildman–Crippen LogP) is 6.00. The molecule has 0 aliphatic rings. The smallest absolute Gasteiger partial charge is 0.273 e. The number of halogens is 2. The highest BCUT2D eigenvalue weighted by atomic mass is 35.5. The molecule has 0 fully saturated rings. The Morgan fingerprint density at radius 3 is 2.14 bits per heavy atom. The van der Waals surface area contributed by atoms with E-state index in [-0.39, 0.29) is 36.5 Å². The van der Waals surface area contributed by atoms with Crippen molar-refractivity contribution in [1.82, 2.24) is 10.2 Å². The van der Waals surface area contributed by atoms with Crippen LogP contribution in [0.1, 0.15) is 37.5 Å². The van der Waals surface area contributed by atoms with E-state index in [1.165, 1.54) is 17.0 Å². The Balaban J connectivity index is 2.08. The van der Waals surface area contributed by atoms with Crippen LogP contribution in [0.15, 0.2) is 72.8 Å². The molecule has 0 unspecified atom stereocenters. The summed E-state index contributed by atoms with van der Waals surface area (Å²) in [6.07, 6.45) is -0.0409. The van der Waals surface area contributed by atoms with Gasteiger partial charge in [-0.2, -0.15) is 0 Å². The Labute approximate surface area is 226 Å². The van der Waals surface area contributed by atoms with Gasteiger partial charge in [0.15, 0.2) is 0 Å². The van der Waals surface area contributed by atoms with Gasteiger partial charge in [0.05, 0.1) is 11.3 Å². The quantitative estimate of drug-likeness (QED) is 0.265. The molecular weight excluding hydrogens is 513 g/mol. The number of nitrogens with zero attached hydrogens (tertiary/aromatic N) is 2. The Bertz CT molecular complexity index is 1260. The maximum atomic E-state index is 13.9. The summed E-state index contributed by atoms with van der Waals surface area (Å²) in [6, 6.07) is 19.5. The molecule has 3 rings (SSSR count). The van der Waals surface area contributed by atoms with Crippen molar-refractivity contribution >= 4 is 40.7 Å². The second-order valence-corrected chi connectivity index (χ2v) is 10.5. The van der Waals surface area contributed by atoms with Crippen LogP contribution in [0.25, 0.3) is 0 Å². The first kappa shape index (κ1) is 28.2. The van der Waals surface area contributed by atoms with E-state index >= 15 is 0 Å². The lowest BCUT2D eigenvalue weighted by atomic mass is 9.99. The molecule has 0 bridgehead atoms. The number of nitro groups is 1. The van der Waals surface area contributed by atoms with E-state index in [0.717, 1.165) is 5.56 Å². The Kier molecular flexibility index (Phi) is 9.29. The summed E-state index contributed by atoms with van der Waals surface area (Å²) in [5.74, 6) is -0.814. The molecule has 2 amide bonds. The van der Waals surface area contributed by atoms with Crippen LogP contribution < -0.4 is 5.32 Å². The van der Waals surface area contributed by atoms with Crippen molar-refractivity contribution < 1.29 is 14.5 Å². The lowest BCUT2D eigenvalue weighted by Gasteiger charge is -2.34. The van der Waals surface area contributed by atoms with Crippen LogP contribution in [0.2, 0.25) is 10.0 Å². The molecule has 9 heteroatoms. The highest BCUT2D eigenvalue weighted by Gasteiger charge is 2.33. The number of benzene rings is 3. The van der Waals surface area contributed by atoms with E-state index < -0.39 is 22.4 Å². The van der Waals surface area contributed by atoms with Gasteiger partial charge in [0, 0.05) is 45.7 Å². The first-order valence-electron chi connectivity index (χ1n) is 11.8. The third-order valence-electron chi connectivity index (χ3n) is 5.69. The zero-order valence-corrected chi connectivity index (χ0v) is 22.4. The number of nitro benzene ring substituents is 1. The standard InChI is InChI=1S/C28H29Cl2N3O4/c1-28(2,3)31-27(35)25(16-19-10-5-4-6-11-19)32(18-21-22(29)13-9-14-23(21)30)26(34)17-20-12-7-8-15-24(20)33(36)37/h4-15,25H,16-18H2,1-3H3,(H,31,35)/t25-/m1/s1. The highest BCUT2D eigenvalue weighted by Crippen LogP contribution is 2.28.